The molecule has 0 saturated heterocycles. The summed E-state index contributed by atoms with van der Waals surface area (Å²) in [5.74, 6) is 0. The maximum absolute atomic E-state index is 2.99. The number of rotatable bonds is 0. The molecule has 0 aliphatic heterocycles. The van der Waals surface area contributed by atoms with Crippen molar-refractivity contribution in [2.75, 3.05) is 0 Å². The summed E-state index contributed by atoms with van der Waals surface area (Å²) in [5, 5.41) is 1.31. The van der Waals surface area contributed by atoms with Crippen LogP contribution in [0.4, 0.5) is 0 Å². The van der Waals surface area contributed by atoms with Crippen molar-refractivity contribution in [3.8, 4) is 0 Å². The maximum atomic E-state index is 2.99. The van der Waals surface area contributed by atoms with Gasteiger partial charge in [0.2, 0.25) is 0 Å². The Balaban J connectivity index is -0.0000000157. The van der Waals surface area contributed by atoms with Gasteiger partial charge in [0.1, 0.15) is 0 Å². The summed E-state index contributed by atoms with van der Waals surface area (Å²) in [6, 6.07) is 0. The van der Waals surface area contributed by atoms with Gasteiger partial charge in [-0.25, -0.2) is 24.3 Å². The van der Waals surface area contributed by atoms with Crippen LogP contribution in [-0.4, -0.2) is 16.5 Å². The van der Waals surface area contributed by atoms with E-state index < -0.39 is 0 Å². The molecule has 20 heavy (non-hydrogen) atoms. The van der Waals surface area contributed by atoms with Crippen LogP contribution in [0.3, 0.4) is 0 Å². The first-order chi connectivity index (χ1) is 6.41. The van der Waals surface area contributed by atoms with Crippen LogP contribution in [-0.2, 0) is 26.2 Å². The third-order valence-corrected chi connectivity index (χ3v) is 1.17. The van der Waals surface area contributed by atoms with Gasteiger partial charge in [-0.05, 0) is 0 Å². The number of hydrogen-bond acceptors (Lipinski definition) is 0. The molecule has 0 aromatic heterocycles. The predicted molar refractivity (Wildman–Crippen MR) is 86.4 cm³/mol. The van der Waals surface area contributed by atoms with E-state index in [0.717, 1.165) is 12.8 Å². The predicted octanol–water partition coefficient (Wildman–Crippen LogP) is -1.26. The van der Waals surface area contributed by atoms with Crippen molar-refractivity contribution in [3.05, 3.63) is 78.3 Å². The Bertz CT molecular complexity index is 171. The fraction of sp³-hybridized carbons (Fsp3) is 0.250. The topological polar surface area (TPSA) is 0 Å². The van der Waals surface area contributed by atoms with E-state index in [1.807, 2.05) is 24.3 Å². The number of allylic oxidation sites excluding steroid dienone is 8. The van der Waals surface area contributed by atoms with Crippen molar-refractivity contribution in [1.29, 1.82) is 0 Å². The zero-order valence-electron chi connectivity index (χ0n) is 13.4. The average Bonchev–Trinajstić information content (AvgIpc) is 2.85. The molecule has 2 aliphatic carbocycles. The Morgan fingerprint density at radius 1 is 0.850 bits per heavy atom. The van der Waals surface area contributed by atoms with Gasteiger partial charge in [-0.2, -0.15) is 12.2 Å². The van der Waals surface area contributed by atoms with Crippen LogP contribution in [0, 0.1) is 41.9 Å². The van der Waals surface area contributed by atoms with E-state index in [2.05, 4.69) is 31.2 Å². The van der Waals surface area contributed by atoms with Gasteiger partial charge in [0, 0.05) is 26.2 Å². The molecule has 0 aromatic rings. The smallest absolute Gasteiger partial charge is 0 e. The Labute approximate surface area is 169 Å². The van der Waals surface area contributed by atoms with E-state index in [0.29, 0.717) is 0 Å². The molecule has 0 aromatic carbocycles. The summed E-state index contributed by atoms with van der Waals surface area (Å²) in [7, 11) is 0. The second-order valence-corrected chi connectivity index (χ2v) is 4.13. The zero-order valence-corrected chi connectivity index (χ0v) is 19.8. The van der Waals surface area contributed by atoms with Crippen molar-refractivity contribution in [2.45, 2.75) is 25.0 Å². The summed E-state index contributed by atoms with van der Waals surface area (Å²) >= 11 is 1.78. The first kappa shape index (κ1) is 49.7. The summed E-state index contributed by atoms with van der Waals surface area (Å²) in [5.41, 5.74) is 0. The minimum Gasteiger partial charge on any atom is -1.00 e. The molecule has 0 unspecified atom stereocenters. The maximum Gasteiger partial charge on any atom is 0 e. The quantitative estimate of drug-likeness (QED) is 0.317. The third-order valence-electron chi connectivity index (χ3n) is 1.17. The van der Waals surface area contributed by atoms with E-state index in [1.54, 1.807) is 16.5 Å². The average molecular weight is 455 g/mol. The van der Waals surface area contributed by atoms with Gasteiger partial charge in [0.05, 0.1) is 0 Å². The Morgan fingerprint density at radius 3 is 1.15 bits per heavy atom. The third kappa shape index (κ3) is 50.9. The van der Waals surface area contributed by atoms with Gasteiger partial charge in [0.25, 0.3) is 0 Å². The molecule has 122 valence electrons. The monoisotopic (exact) mass is 454 g/mol. The molecule has 0 amide bonds. The molecule has 0 nitrogen and oxygen atoms in total. The summed E-state index contributed by atoms with van der Waals surface area (Å²) in [6.07, 6.45) is 20.0. The summed E-state index contributed by atoms with van der Waals surface area (Å²) in [4.78, 5) is 0. The van der Waals surface area contributed by atoms with Crippen LogP contribution in [0.2, 0.25) is 5.25 Å². The van der Waals surface area contributed by atoms with E-state index >= 15 is 0 Å². The normalized spacial score (nSPS) is 9.70. The second kappa shape index (κ2) is 50.2. The van der Waals surface area contributed by atoms with Crippen LogP contribution in [0.5, 0.6) is 0 Å². The van der Waals surface area contributed by atoms with Gasteiger partial charge in [0.15, 0.2) is 0 Å². The van der Waals surface area contributed by atoms with Crippen LogP contribution in [0.1, 0.15) is 19.8 Å². The molecule has 2 rings (SSSR count). The van der Waals surface area contributed by atoms with Crippen molar-refractivity contribution in [2.24, 2.45) is 0 Å². The van der Waals surface area contributed by atoms with E-state index in [-0.39, 0.29) is 80.7 Å². The van der Waals surface area contributed by atoms with E-state index in [1.165, 1.54) is 5.25 Å². The van der Waals surface area contributed by atoms with E-state index in [4.69, 9.17) is 0 Å². The van der Waals surface area contributed by atoms with Gasteiger partial charge in [-0.3, -0.25) is 12.2 Å². The van der Waals surface area contributed by atoms with E-state index in [9.17, 15) is 0 Å². The Morgan fingerprint density at radius 2 is 1.10 bits per heavy atom. The summed E-state index contributed by atoms with van der Waals surface area (Å²) < 4.78 is 0. The van der Waals surface area contributed by atoms with Gasteiger partial charge in [-0.15, -0.1) is 12.8 Å². The SMILES string of the molecule is C[CH2][GeH].[C-]1=CC=CC1.[C-]1=CC=CC1.[CH3-].[CH3-].[CH3-].[CH3-].[Cl-].[Cl-].[Zr]. The molecule has 0 atom stereocenters. The minimum absolute atomic E-state index is 0. The van der Waals surface area contributed by atoms with Gasteiger partial charge < -0.3 is 54.5 Å². The minimum atomic E-state index is 0. The molecule has 0 N–H and O–H groups in total. The first-order valence-corrected chi connectivity index (χ1v) is 6.26. The molecular weight excluding hydrogens is 427 g/mol. The van der Waals surface area contributed by atoms with Crippen LogP contribution in [0.25, 0.3) is 0 Å². The molecule has 0 heterocycles. The fourth-order valence-corrected chi connectivity index (χ4v) is 0.680. The molecule has 2 aliphatic rings. The Hall–Kier alpha value is 0.966. The standard InChI is InChI=1S/2C5H5.C2H6Ge.4CH3.2ClH.Zr/c2*1-2-4-5-3-1;1-2-3;;;;;;;/h2*1-3H,4H2;3H,2H2,1H3;4*1H3;2*1H;/q2*-1;;4*-1;;;/p-2. The molecule has 0 fully saturated rings. The number of halogens is 2. The largest absolute Gasteiger partial charge is 1.00 e. The van der Waals surface area contributed by atoms with Gasteiger partial charge in [-0.1, -0.05) is 0 Å². The zero-order chi connectivity index (χ0) is 9.78. The van der Waals surface area contributed by atoms with Gasteiger partial charge >= 0.3 is 28.7 Å². The van der Waals surface area contributed by atoms with Crippen molar-refractivity contribution < 1.29 is 51.0 Å². The van der Waals surface area contributed by atoms with Crippen molar-refractivity contribution >= 4 is 16.5 Å². The van der Waals surface area contributed by atoms with Crippen LogP contribution in [0.15, 0.2) is 36.5 Å². The molecule has 4 heteroatoms. The molecular formula is C16H28Cl2GeZr-8. The first-order valence-electron chi connectivity index (χ1n) is 4.55. The molecule has 0 saturated carbocycles. The fourth-order valence-electron chi connectivity index (χ4n) is 0.680. The second-order valence-electron chi connectivity index (χ2n) is 2.41. The number of hydrogen-bond donors (Lipinski definition) is 0. The molecule has 0 bridgehead atoms. The van der Waals surface area contributed by atoms with Crippen LogP contribution >= 0.6 is 0 Å². The molecule has 0 spiro atoms. The van der Waals surface area contributed by atoms with Crippen molar-refractivity contribution in [1.82, 2.24) is 0 Å². The molecule has 2 radical (unpaired) electrons. The Kier molecular flexibility index (Phi) is 125. The van der Waals surface area contributed by atoms with Crippen LogP contribution < -0.4 is 24.8 Å². The van der Waals surface area contributed by atoms with Crippen molar-refractivity contribution in [3.63, 3.8) is 0 Å². The summed E-state index contributed by atoms with van der Waals surface area (Å²) in [6.45, 7) is 2.15.